The molecule has 0 saturated carbocycles. The number of aliphatic imine (C=N–C) groups is 1. The van der Waals surface area contributed by atoms with E-state index in [0.717, 1.165) is 45.1 Å². The number of alkyl halides is 3. The molecule has 0 aliphatic carbocycles. The van der Waals surface area contributed by atoms with Crippen LogP contribution in [0.1, 0.15) is 12.5 Å². The van der Waals surface area contributed by atoms with E-state index in [1.807, 2.05) is 37.3 Å². The van der Waals surface area contributed by atoms with Crippen LogP contribution in [0.3, 0.4) is 0 Å². The van der Waals surface area contributed by atoms with Gasteiger partial charge in [0.1, 0.15) is 12.6 Å². The highest BCUT2D eigenvalue weighted by atomic mass is 19.4. The van der Waals surface area contributed by atoms with Crippen molar-refractivity contribution in [2.45, 2.75) is 25.7 Å². The topological polar surface area (TPSA) is 26.5 Å². The van der Waals surface area contributed by atoms with Crippen molar-refractivity contribution in [3.63, 3.8) is 0 Å². The number of halogens is 3. The van der Waals surface area contributed by atoms with E-state index in [0.29, 0.717) is 19.0 Å². The van der Waals surface area contributed by atoms with Gasteiger partial charge in [-0.15, -0.1) is 0 Å². The van der Waals surface area contributed by atoms with Crippen LogP contribution in [0.2, 0.25) is 0 Å². The number of hydrogen-bond acceptors (Lipinski definition) is 2. The van der Waals surface area contributed by atoms with Gasteiger partial charge in [-0.25, -0.2) is 4.99 Å². The fraction of sp³-hybridized carbons (Fsp3) is 0.208. The Morgan fingerprint density at radius 3 is 2.33 bits per heavy atom. The van der Waals surface area contributed by atoms with Gasteiger partial charge in [-0.3, -0.25) is 0 Å². The van der Waals surface area contributed by atoms with Gasteiger partial charge in [-0.1, -0.05) is 42.5 Å². The molecule has 1 aromatic heterocycles. The van der Waals surface area contributed by atoms with Crippen LogP contribution in [0.5, 0.6) is 0 Å². The molecular weight excluding hydrogens is 389 g/mol. The summed E-state index contributed by atoms with van der Waals surface area (Å²) in [6.45, 7) is 3.09. The Balaban J connectivity index is 1.62. The minimum absolute atomic E-state index is 0.0405. The predicted molar refractivity (Wildman–Crippen MR) is 113 cm³/mol. The standard InChI is InChI=1S/C24H19F3N2O/c1-15-28-19(14-30-15)13-29-22-5-3-2-4-20(22)21-11-8-17(12-23(21)29)16-6-9-18(10-7-16)24(25,26)27/h2-12,19H,13-14H2,1H3/t19-/m0/s1. The maximum atomic E-state index is 12.9. The highest BCUT2D eigenvalue weighted by Gasteiger charge is 2.30. The van der Waals surface area contributed by atoms with Crippen molar-refractivity contribution in [2.24, 2.45) is 4.99 Å². The number of hydrogen-bond donors (Lipinski definition) is 0. The van der Waals surface area contributed by atoms with Crippen molar-refractivity contribution < 1.29 is 17.9 Å². The molecular formula is C24H19F3N2O. The molecule has 1 aliphatic heterocycles. The lowest BCUT2D eigenvalue weighted by molar-refractivity contribution is -0.137. The zero-order chi connectivity index (χ0) is 20.9. The lowest BCUT2D eigenvalue weighted by Crippen LogP contribution is -2.15. The van der Waals surface area contributed by atoms with Crippen molar-refractivity contribution in [1.82, 2.24) is 4.57 Å². The van der Waals surface area contributed by atoms with Crippen molar-refractivity contribution >= 4 is 27.7 Å². The molecule has 0 fully saturated rings. The molecule has 1 aliphatic rings. The molecule has 3 nitrogen and oxygen atoms in total. The Morgan fingerprint density at radius 1 is 0.933 bits per heavy atom. The molecule has 0 saturated heterocycles. The maximum Gasteiger partial charge on any atom is 0.416 e. The first kappa shape index (κ1) is 18.7. The van der Waals surface area contributed by atoms with Crippen molar-refractivity contribution in [2.75, 3.05) is 6.61 Å². The summed E-state index contributed by atoms with van der Waals surface area (Å²) in [5.41, 5.74) is 3.13. The predicted octanol–water partition coefficient (Wildman–Crippen LogP) is 6.30. The van der Waals surface area contributed by atoms with E-state index in [4.69, 9.17) is 4.74 Å². The highest BCUT2D eigenvalue weighted by Crippen LogP contribution is 2.35. The summed E-state index contributed by atoms with van der Waals surface area (Å²) in [5, 5.41) is 2.26. The molecule has 0 N–H and O–H groups in total. The molecule has 0 spiro atoms. The first-order valence-electron chi connectivity index (χ1n) is 9.76. The van der Waals surface area contributed by atoms with E-state index < -0.39 is 11.7 Å². The minimum Gasteiger partial charge on any atom is -0.479 e. The van der Waals surface area contributed by atoms with E-state index >= 15 is 0 Å². The van der Waals surface area contributed by atoms with E-state index in [-0.39, 0.29) is 6.04 Å². The molecule has 0 radical (unpaired) electrons. The zero-order valence-electron chi connectivity index (χ0n) is 16.3. The number of nitrogens with zero attached hydrogens (tertiary/aromatic N) is 2. The Hall–Kier alpha value is -3.28. The third kappa shape index (κ3) is 3.22. The number of benzene rings is 3. The van der Waals surface area contributed by atoms with Gasteiger partial charge in [-0.2, -0.15) is 13.2 Å². The average molecular weight is 408 g/mol. The van der Waals surface area contributed by atoms with E-state index in [1.165, 1.54) is 12.1 Å². The summed E-state index contributed by atoms with van der Waals surface area (Å²) in [7, 11) is 0. The molecule has 5 rings (SSSR count). The SMILES string of the molecule is CC1=N[C@@H](Cn2c3ccccc3c3ccc(-c4ccc(C(F)(F)F)cc4)cc32)CO1. The van der Waals surface area contributed by atoms with Crippen molar-refractivity contribution in [3.8, 4) is 11.1 Å². The highest BCUT2D eigenvalue weighted by molar-refractivity contribution is 6.09. The van der Waals surface area contributed by atoms with Crippen LogP contribution in [0.15, 0.2) is 71.7 Å². The Labute approximate surface area is 171 Å². The van der Waals surface area contributed by atoms with Gasteiger partial charge in [0.05, 0.1) is 5.56 Å². The Bertz CT molecular complexity index is 1270. The van der Waals surface area contributed by atoms with Crippen LogP contribution >= 0.6 is 0 Å². The summed E-state index contributed by atoms with van der Waals surface area (Å²) in [6.07, 6.45) is -4.34. The zero-order valence-corrected chi connectivity index (χ0v) is 16.3. The number of para-hydroxylation sites is 1. The molecule has 1 atom stereocenters. The van der Waals surface area contributed by atoms with Crippen molar-refractivity contribution in [3.05, 3.63) is 72.3 Å². The van der Waals surface area contributed by atoms with E-state index in [1.54, 1.807) is 0 Å². The molecule has 6 heteroatoms. The lowest BCUT2D eigenvalue weighted by Gasteiger charge is -2.12. The van der Waals surface area contributed by atoms with Crippen LogP contribution in [0.25, 0.3) is 32.9 Å². The fourth-order valence-electron chi connectivity index (χ4n) is 4.13. The van der Waals surface area contributed by atoms with Crippen LogP contribution < -0.4 is 0 Å². The second-order valence-electron chi connectivity index (χ2n) is 7.55. The second-order valence-corrected chi connectivity index (χ2v) is 7.55. The summed E-state index contributed by atoms with van der Waals surface area (Å²) in [5.74, 6) is 0.700. The van der Waals surface area contributed by atoms with Crippen LogP contribution in [0, 0.1) is 0 Å². The van der Waals surface area contributed by atoms with Gasteiger partial charge in [0.15, 0.2) is 5.90 Å². The van der Waals surface area contributed by atoms with Crippen LogP contribution in [-0.4, -0.2) is 23.1 Å². The molecule has 152 valence electrons. The summed E-state index contributed by atoms with van der Waals surface area (Å²) < 4.78 is 46.4. The molecule has 0 amide bonds. The molecule has 30 heavy (non-hydrogen) atoms. The van der Waals surface area contributed by atoms with E-state index in [9.17, 15) is 13.2 Å². The molecule has 3 aromatic carbocycles. The number of aromatic nitrogens is 1. The second kappa shape index (κ2) is 6.90. The Kier molecular flexibility index (Phi) is 4.31. The first-order chi connectivity index (χ1) is 14.4. The molecule has 2 heterocycles. The maximum absolute atomic E-state index is 12.9. The van der Waals surface area contributed by atoms with Gasteiger partial charge >= 0.3 is 6.18 Å². The van der Waals surface area contributed by atoms with Crippen molar-refractivity contribution in [1.29, 1.82) is 0 Å². The van der Waals surface area contributed by atoms with Crippen LogP contribution in [0.4, 0.5) is 13.2 Å². The third-order valence-corrected chi connectivity index (χ3v) is 5.56. The van der Waals surface area contributed by atoms with Gasteiger partial charge < -0.3 is 9.30 Å². The van der Waals surface area contributed by atoms with Gasteiger partial charge in [0.2, 0.25) is 0 Å². The smallest absolute Gasteiger partial charge is 0.416 e. The summed E-state index contributed by atoms with van der Waals surface area (Å²) >= 11 is 0. The molecule has 0 bridgehead atoms. The average Bonchev–Trinajstić information content (AvgIpc) is 3.29. The monoisotopic (exact) mass is 408 g/mol. The number of ether oxygens (including phenoxy) is 1. The van der Waals surface area contributed by atoms with Gasteiger partial charge in [0, 0.05) is 35.3 Å². The minimum atomic E-state index is -4.34. The van der Waals surface area contributed by atoms with E-state index in [2.05, 4.69) is 21.7 Å². The first-order valence-corrected chi connectivity index (χ1v) is 9.76. The summed E-state index contributed by atoms with van der Waals surface area (Å²) in [6, 6.07) is 19.6. The molecule has 4 aromatic rings. The number of fused-ring (bicyclic) bond motifs is 3. The normalized spacial score (nSPS) is 16.8. The number of rotatable bonds is 3. The lowest BCUT2D eigenvalue weighted by atomic mass is 10.0. The Morgan fingerprint density at radius 2 is 1.63 bits per heavy atom. The third-order valence-electron chi connectivity index (χ3n) is 5.56. The summed E-state index contributed by atoms with van der Waals surface area (Å²) in [4.78, 5) is 4.56. The fourth-order valence-corrected chi connectivity index (χ4v) is 4.13. The molecule has 0 unspecified atom stereocenters. The van der Waals surface area contributed by atoms with Gasteiger partial charge in [0.25, 0.3) is 0 Å². The van der Waals surface area contributed by atoms with Crippen LogP contribution in [-0.2, 0) is 17.5 Å². The largest absolute Gasteiger partial charge is 0.479 e. The van der Waals surface area contributed by atoms with Gasteiger partial charge in [-0.05, 0) is 35.4 Å². The quantitative estimate of drug-likeness (QED) is 0.391.